The second kappa shape index (κ2) is 8.67. The van der Waals surface area contributed by atoms with Crippen LogP contribution >= 0.6 is 23.2 Å². The van der Waals surface area contributed by atoms with Crippen LogP contribution in [0.25, 0.3) is 6.08 Å². The second-order valence-corrected chi connectivity index (χ2v) is 7.26. The maximum absolute atomic E-state index is 12.3. The molecule has 146 valence electrons. The molecule has 0 fully saturated rings. The molecule has 0 aromatic heterocycles. The molecule has 1 aliphatic heterocycles. The summed E-state index contributed by atoms with van der Waals surface area (Å²) in [4.78, 5) is 26.3. The van der Waals surface area contributed by atoms with Crippen LogP contribution in [0, 0.1) is 0 Å². The summed E-state index contributed by atoms with van der Waals surface area (Å²) in [6.07, 6.45) is 3.29. The Hall–Kier alpha value is -2.50. The van der Waals surface area contributed by atoms with Gasteiger partial charge in [-0.05, 0) is 49.2 Å². The van der Waals surface area contributed by atoms with Crippen molar-refractivity contribution in [1.82, 2.24) is 0 Å². The Bertz CT molecular complexity index is 943. The van der Waals surface area contributed by atoms with E-state index in [-0.39, 0.29) is 11.8 Å². The number of hydrogen-bond acceptors (Lipinski definition) is 3. The first-order valence-electron chi connectivity index (χ1n) is 8.95. The van der Waals surface area contributed by atoms with Crippen LogP contribution < -0.4 is 15.0 Å². The zero-order valence-corrected chi connectivity index (χ0v) is 17.1. The van der Waals surface area contributed by atoms with Crippen molar-refractivity contribution in [3.8, 4) is 5.75 Å². The minimum absolute atomic E-state index is 0.0612. The van der Waals surface area contributed by atoms with E-state index in [1.807, 2.05) is 6.92 Å². The predicted molar refractivity (Wildman–Crippen MR) is 113 cm³/mol. The maximum Gasteiger partial charge on any atom is 0.267 e. The molecule has 0 saturated carbocycles. The Morgan fingerprint density at radius 1 is 1.25 bits per heavy atom. The fraction of sp³-hybridized carbons (Fsp3) is 0.238. The molecule has 7 heteroatoms. The fourth-order valence-corrected chi connectivity index (χ4v) is 3.40. The lowest BCUT2D eigenvalue weighted by Gasteiger charge is -2.33. The molecule has 2 amide bonds. The van der Waals surface area contributed by atoms with Gasteiger partial charge in [-0.25, -0.2) is 0 Å². The number of benzene rings is 2. The minimum atomic E-state index is -0.558. The average Bonchev–Trinajstić information content (AvgIpc) is 2.64. The summed E-state index contributed by atoms with van der Waals surface area (Å²) < 4.78 is 5.71. The molecule has 5 nitrogen and oxygen atoms in total. The Kier molecular flexibility index (Phi) is 6.27. The smallest absolute Gasteiger partial charge is 0.267 e. The largest absolute Gasteiger partial charge is 0.479 e. The summed E-state index contributed by atoms with van der Waals surface area (Å²) in [5.74, 6) is 0.202. The Labute approximate surface area is 173 Å². The molecule has 0 radical (unpaired) electrons. The van der Waals surface area contributed by atoms with Crippen molar-refractivity contribution in [3.05, 3.63) is 58.1 Å². The number of fused-ring (bicyclic) bond motifs is 1. The van der Waals surface area contributed by atoms with Crippen molar-refractivity contribution >= 4 is 52.5 Å². The highest BCUT2D eigenvalue weighted by atomic mass is 35.5. The van der Waals surface area contributed by atoms with E-state index in [9.17, 15) is 9.59 Å². The lowest BCUT2D eigenvalue weighted by atomic mass is 10.1. The van der Waals surface area contributed by atoms with Crippen LogP contribution in [0.1, 0.15) is 25.8 Å². The van der Waals surface area contributed by atoms with E-state index in [4.69, 9.17) is 27.9 Å². The number of anilines is 2. The molecule has 1 N–H and O–H groups in total. The van der Waals surface area contributed by atoms with Gasteiger partial charge >= 0.3 is 0 Å². The quantitative estimate of drug-likeness (QED) is 0.681. The lowest BCUT2D eigenvalue weighted by Crippen LogP contribution is -2.44. The fourth-order valence-electron chi connectivity index (χ4n) is 2.93. The number of carbonyl (C=O) groups excluding carboxylic acids is 2. The van der Waals surface area contributed by atoms with E-state index in [0.29, 0.717) is 39.3 Å². The second-order valence-electron chi connectivity index (χ2n) is 6.42. The molecule has 1 unspecified atom stereocenters. The van der Waals surface area contributed by atoms with E-state index in [1.165, 1.54) is 6.08 Å². The van der Waals surface area contributed by atoms with Crippen LogP contribution in [0.3, 0.4) is 0 Å². The van der Waals surface area contributed by atoms with Gasteiger partial charge in [0.25, 0.3) is 5.91 Å². The molecule has 28 heavy (non-hydrogen) atoms. The predicted octanol–water partition coefficient (Wildman–Crippen LogP) is 5.17. The summed E-state index contributed by atoms with van der Waals surface area (Å²) in [6.45, 7) is 4.36. The molecule has 1 aliphatic rings. The van der Waals surface area contributed by atoms with Crippen LogP contribution in [-0.2, 0) is 9.59 Å². The Morgan fingerprint density at radius 2 is 2.04 bits per heavy atom. The number of hydrogen-bond donors (Lipinski definition) is 1. The van der Waals surface area contributed by atoms with Crippen LogP contribution in [0.4, 0.5) is 11.4 Å². The zero-order chi connectivity index (χ0) is 20.3. The highest BCUT2D eigenvalue weighted by Gasteiger charge is 2.31. The van der Waals surface area contributed by atoms with Gasteiger partial charge in [0.2, 0.25) is 5.91 Å². The SMILES string of the molecule is CCCN1C(=O)C(C)Oc2cc(NC(=O)/C=C/c3ccc(Cl)cc3Cl)ccc21. The maximum atomic E-state index is 12.3. The van der Waals surface area contributed by atoms with Crippen LogP contribution in [0.2, 0.25) is 10.0 Å². The van der Waals surface area contributed by atoms with E-state index >= 15 is 0 Å². The average molecular weight is 419 g/mol. The summed E-state index contributed by atoms with van der Waals surface area (Å²) in [5, 5.41) is 3.79. The van der Waals surface area contributed by atoms with Crippen molar-refractivity contribution in [2.75, 3.05) is 16.8 Å². The van der Waals surface area contributed by atoms with Gasteiger partial charge in [0.1, 0.15) is 5.75 Å². The first-order chi connectivity index (χ1) is 13.4. The topological polar surface area (TPSA) is 58.6 Å². The van der Waals surface area contributed by atoms with E-state index in [0.717, 1.165) is 6.42 Å². The summed E-state index contributed by atoms with van der Waals surface area (Å²) in [6, 6.07) is 10.3. The third kappa shape index (κ3) is 4.49. The molecule has 2 aromatic rings. The summed E-state index contributed by atoms with van der Waals surface area (Å²) in [5.41, 5.74) is 1.98. The van der Waals surface area contributed by atoms with Gasteiger partial charge in [-0.15, -0.1) is 0 Å². The monoisotopic (exact) mass is 418 g/mol. The van der Waals surface area contributed by atoms with Crippen LogP contribution in [-0.4, -0.2) is 24.5 Å². The van der Waals surface area contributed by atoms with E-state index in [2.05, 4.69) is 5.32 Å². The minimum Gasteiger partial charge on any atom is -0.479 e. The van der Waals surface area contributed by atoms with Crippen LogP contribution in [0.15, 0.2) is 42.5 Å². The van der Waals surface area contributed by atoms with Gasteiger partial charge in [0.15, 0.2) is 6.10 Å². The number of nitrogens with zero attached hydrogens (tertiary/aromatic N) is 1. The molecule has 0 bridgehead atoms. The van der Waals surface area contributed by atoms with Crippen molar-refractivity contribution in [1.29, 1.82) is 0 Å². The first kappa shape index (κ1) is 20.2. The van der Waals surface area contributed by atoms with Crippen LogP contribution in [0.5, 0.6) is 5.75 Å². The number of halogens is 2. The summed E-state index contributed by atoms with van der Waals surface area (Å²) >= 11 is 12.0. The molecule has 1 heterocycles. The van der Waals surface area contributed by atoms with Gasteiger partial charge in [0, 0.05) is 34.4 Å². The number of ether oxygens (including phenoxy) is 1. The van der Waals surface area contributed by atoms with Crippen molar-refractivity contribution in [2.45, 2.75) is 26.4 Å². The van der Waals surface area contributed by atoms with Gasteiger partial charge in [-0.3, -0.25) is 9.59 Å². The van der Waals surface area contributed by atoms with Gasteiger partial charge < -0.3 is 15.0 Å². The molecule has 1 atom stereocenters. The van der Waals surface area contributed by atoms with Crippen molar-refractivity contribution < 1.29 is 14.3 Å². The number of carbonyl (C=O) groups is 2. The van der Waals surface area contributed by atoms with Gasteiger partial charge in [-0.2, -0.15) is 0 Å². The zero-order valence-electron chi connectivity index (χ0n) is 15.5. The van der Waals surface area contributed by atoms with Crippen molar-refractivity contribution in [3.63, 3.8) is 0 Å². The summed E-state index contributed by atoms with van der Waals surface area (Å²) in [7, 11) is 0. The Balaban J connectivity index is 1.75. The molecule has 0 spiro atoms. The third-order valence-corrected chi connectivity index (χ3v) is 4.82. The molecule has 0 aliphatic carbocycles. The molecule has 3 rings (SSSR count). The normalized spacial score (nSPS) is 16.1. The molecule has 0 saturated heterocycles. The molecule has 2 aromatic carbocycles. The standard InChI is InChI=1S/C21H20Cl2N2O3/c1-3-10-25-18-8-7-16(12-19(18)28-13(2)21(25)27)24-20(26)9-5-14-4-6-15(22)11-17(14)23/h4-9,11-13H,3,10H2,1-2H3,(H,24,26)/b9-5+. The van der Waals surface area contributed by atoms with E-state index < -0.39 is 6.10 Å². The Morgan fingerprint density at radius 3 is 2.75 bits per heavy atom. The van der Waals surface area contributed by atoms with Gasteiger partial charge in [-0.1, -0.05) is 36.2 Å². The molecular weight excluding hydrogens is 399 g/mol. The first-order valence-corrected chi connectivity index (χ1v) is 9.71. The van der Waals surface area contributed by atoms with Gasteiger partial charge in [0.05, 0.1) is 5.69 Å². The third-order valence-electron chi connectivity index (χ3n) is 4.26. The van der Waals surface area contributed by atoms with Crippen molar-refractivity contribution in [2.24, 2.45) is 0 Å². The van der Waals surface area contributed by atoms with E-state index in [1.54, 1.807) is 54.3 Å². The highest BCUT2D eigenvalue weighted by molar-refractivity contribution is 6.35. The highest BCUT2D eigenvalue weighted by Crippen LogP contribution is 2.36. The molecular formula is C21H20Cl2N2O3. The number of amides is 2. The lowest BCUT2D eigenvalue weighted by molar-refractivity contribution is -0.125. The number of nitrogens with one attached hydrogen (secondary N) is 1. The number of rotatable bonds is 5.